The first-order chi connectivity index (χ1) is 11.8. The molecule has 0 fully saturated rings. The maximum Gasteiger partial charge on any atom is 0.303 e. The van der Waals surface area contributed by atoms with E-state index >= 15 is 0 Å². The van der Waals surface area contributed by atoms with Crippen molar-refractivity contribution in [1.29, 1.82) is 0 Å². The van der Waals surface area contributed by atoms with Crippen molar-refractivity contribution in [3.05, 3.63) is 39.9 Å². The number of carbonyl (C=O) groups is 2. The van der Waals surface area contributed by atoms with Crippen LogP contribution in [0.2, 0.25) is 0 Å². The summed E-state index contributed by atoms with van der Waals surface area (Å²) in [6.07, 6.45) is 1.16. The Morgan fingerprint density at radius 3 is 2.40 bits per heavy atom. The second-order valence-corrected chi connectivity index (χ2v) is 6.27. The SMILES string of the molecule is CC(C)C[C@H](NCCCC(=O)O)C(=O)NCc1ccc([N+](=O)[O-])cc1. The number of nitrogens with one attached hydrogen (secondary N) is 2. The Kier molecular flexibility index (Phi) is 8.55. The molecule has 1 rings (SSSR count). The van der Waals surface area contributed by atoms with Crippen molar-refractivity contribution >= 4 is 17.6 Å². The van der Waals surface area contributed by atoms with Crippen LogP contribution in [-0.4, -0.2) is 34.5 Å². The van der Waals surface area contributed by atoms with E-state index in [2.05, 4.69) is 10.6 Å². The molecule has 1 aromatic carbocycles. The van der Waals surface area contributed by atoms with Crippen LogP contribution in [0.15, 0.2) is 24.3 Å². The summed E-state index contributed by atoms with van der Waals surface area (Å²) >= 11 is 0. The minimum Gasteiger partial charge on any atom is -0.481 e. The highest BCUT2D eigenvalue weighted by Gasteiger charge is 2.19. The molecule has 138 valence electrons. The van der Waals surface area contributed by atoms with E-state index in [0.29, 0.717) is 25.3 Å². The molecule has 0 heterocycles. The summed E-state index contributed by atoms with van der Waals surface area (Å²) in [6.45, 7) is 4.75. The van der Waals surface area contributed by atoms with Crippen molar-refractivity contribution in [3.63, 3.8) is 0 Å². The Labute approximate surface area is 146 Å². The van der Waals surface area contributed by atoms with Gasteiger partial charge >= 0.3 is 5.97 Å². The molecule has 3 N–H and O–H groups in total. The zero-order chi connectivity index (χ0) is 18.8. The first kappa shape index (κ1) is 20.6. The van der Waals surface area contributed by atoms with E-state index in [9.17, 15) is 19.7 Å². The first-order valence-corrected chi connectivity index (χ1v) is 8.25. The van der Waals surface area contributed by atoms with E-state index in [-0.39, 0.29) is 24.6 Å². The quantitative estimate of drug-likeness (QED) is 0.319. The van der Waals surface area contributed by atoms with Gasteiger partial charge in [0.05, 0.1) is 11.0 Å². The lowest BCUT2D eigenvalue weighted by Crippen LogP contribution is -2.45. The minimum absolute atomic E-state index is 0.00728. The average Bonchev–Trinajstić information content (AvgIpc) is 2.55. The van der Waals surface area contributed by atoms with E-state index < -0.39 is 16.9 Å². The highest BCUT2D eigenvalue weighted by molar-refractivity contribution is 5.81. The Morgan fingerprint density at radius 1 is 1.24 bits per heavy atom. The van der Waals surface area contributed by atoms with Gasteiger partial charge in [0.25, 0.3) is 5.69 Å². The van der Waals surface area contributed by atoms with E-state index in [4.69, 9.17) is 5.11 Å². The summed E-state index contributed by atoms with van der Waals surface area (Å²) in [5, 5.41) is 25.2. The molecule has 8 nitrogen and oxygen atoms in total. The topological polar surface area (TPSA) is 122 Å². The van der Waals surface area contributed by atoms with Crippen LogP contribution in [0.5, 0.6) is 0 Å². The molecule has 0 radical (unpaired) electrons. The van der Waals surface area contributed by atoms with E-state index in [1.807, 2.05) is 13.8 Å². The van der Waals surface area contributed by atoms with Crippen LogP contribution in [0.3, 0.4) is 0 Å². The predicted molar refractivity (Wildman–Crippen MR) is 93.1 cm³/mol. The summed E-state index contributed by atoms with van der Waals surface area (Å²) in [5.41, 5.74) is 0.779. The van der Waals surface area contributed by atoms with Crippen LogP contribution in [0.1, 0.15) is 38.7 Å². The molecule has 25 heavy (non-hydrogen) atoms. The van der Waals surface area contributed by atoms with Gasteiger partial charge in [0, 0.05) is 25.1 Å². The first-order valence-electron chi connectivity index (χ1n) is 8.25. The maximum absolute atomic E-state index is 12.4. The lowest BCUT2D eigenvalue weighted by molar-refractivity contribution is -0.384. The number of hydrogen-bond donors (Lipinski definition) is 3. The van der Waals surface area contributed by atoms with Gasteiger partial charge in [-0.05, 0) is 30.9 Å². The molecule has 0 saturated heterocycles. The number of carboxylic acid groups (broad SMARTS) is 1. The number of non-ortho nitro benzene ring substituents is 1. The fraction of sp³-hybridized carbons (Fsp3) is 0.529. The van der Waals surface area contributed by atoms with Crippen molar-refractivity contribution in [3.8, 4) is 0 Å². The normalized spacial score (nSPS) is 12.0. The highest BCUT2D eigenvalue weighted by atomic mass is 16.6. The Hall–Kier alpha value is -2.48. The Balaban J connectivity index is 2.52. The molecule has 0 saturated carbocycles. The summed E-state index contributed by atoms with van der Waals surface area (Å²) in [7, 11) is 0. The Bertz CT molecular complexity index is 586. The van der Waals surface area contributed by atoms with Gasteiger partial charge in [-0.15, -0.1) is 0 Å². The second-order valence-electron chi connectivity index (χ2n) is 6.27. The van der Waals surface area contributed by atoms with Crippen molar-refractivity contribution < 1.29 is 19.6 Å². The van der Waals surface area contributed by atoms with E-state index in [0.717, 1.165) is 5.56 Å². The Morgan fingerprint density at radius 2 is 1.88 bits per heavy atom. The van der Waals surface area contributed by atoms with Gasteiger partial charge in [0.1, 0.15) is 0 Å². The minimum atomic E-state index is -0.857. The molecule has 0 bridgehead atoms. The summed E-state index contributed by atoms with van der Waals surface area (Å²) in [4.78, 5) is 33.0. The lowest BCUT2D eigenvalue weighted by Gasteiger charge is -2.20. The second kappa shape index (κ2) is 10.4. The molecule has 1 amide bonds. The molecular weight excluding hydrogens is 326 g/mol. The molecule has 0 unspecified atom stereocenters. The maximum atomic E-state index is 12.4. The largest absolute Gasteiger partial charge is 0.481 e. The van der Waals surface area contributed by atoms with Crippen LogP contribution >= 0.6 is 0 Å². The van der Waals surface area contributed by atoms with Crippen LogP contribution in [0.4, 0.5) is 5.69 Å². The lowest BCUT2D eigenvalue weighted by atomic mass is 10.0. The van der Waals surface area contributed by atoms with Crippen LogP contribution in [-0.2, 0) is 16.1 Å². The van der Waals surface area contributed by atoms with Gasteiger partial charge in [-0.3, -0.25) is 19.7 Å². The monoisotopic (exact) mass is 351 g/mol. The zero-order valence-electron chi connectivity index (χ0n) is 14.5. The number of carbonyl (C=O) groups excluding carboxylic acids is 1. The number of hydrogen-bond acceptors (Lipinski definition) is 5. The number of nitro groups is 1. The third-order valence-corrected chi connectivity index (χ3v) is 3.60. The highest BCUT2D eigenvalue weighted by Crippen LogP contribution is 2.12. The number of aliphatic carboxylic acids is 1. The summed E-state index contributed by atoms with van der Waals surface area (Å²) < 4.78 is 0. The van der Waals surface area contributed by atoms with Crippen LogP contribution in [0, 0.1) is 16.0 Å². The molecule has 0 aliphatic carbocycles. The van der Waals surface area contributed by atoms with Crippen LogP contribution < -0.4 is 10.6 Å². The summed E-state index contributed by atoms with van der Waals surface area (Å²) in [6, 6.07) is 5.62. The van der Waals surface area contributed by atoms with Gasteiger partial charge in [-0.25, -0.2) is 0 Å². The van der Waals surface area contributed by atoms with Crippen molar-refractivity contribution in [2.75, 3.05) is 6.54 Å². The molecular formula is C17H25N3O5. The van der Waals surface area contributed by atoms with Crippen molar-refractivity contribution in [1.82, 2.24) is 10.6 Å². The fourth-order valence-electron chi connectivity index (χ4n) is 2.32. The van der Waals surface area contributed by atoms with Crippen molar-refractivity contribution in [2.45, 2.75) is 45.7 Å². The van der Waals surface area contributed by atoms with E-state index in [1.165, 1.54) is 12.1 Å². The van der Waals surface area contributed by atoms with Gasteiger partial charge < -0.3 is 15.7 Å². The molecule has 0 spiro atoms. The number of nitro benzene ring substituents is 1. The number of benzene rings is 1. The molecule has 1 aromatic rings. The standard InChI is InChI=1S/C17H25N3O5/c1-12(2)10-15(18-9-3-4-16(21)22)17(23)19-11-13-5-7-14(8-6-13)20(24)25/h5-8,12,15,18H,3-4,9-11H2,1-2H3,(H,19,23)(H,21,22)/t15-/m0/s1. The number of nitrogens with zero attached hydrogens (tertiary/aromatic N) is 1. The molecule has 8 heteroatoms. The van der Waals surface area contributed by atoms with Crippen molar-refractivity contribution in [2.24, 2.45) is 5.92 Å². The number of amides is 1. The third-order valence-electron chi connectivity index (χ3n) is 3.60. The smallest absolute Gasteiger partial charge is 0.303 e. The molecule has 0 aliphatic heterocycles. The molecule has 0 aromatic heterocycles. The number of rotatable bonds is 11. The number of carboxylic acids is 1. The van der Waals surface area contributed by atoms with Gasteiger partial charge in [0.2, 0.25) is 5.91 Å². The van der Waals surface area contributed by atoms with Gasteiger partial charge in [0.15, 0.2) is 0 Å². The van der Waals surface area contributed by atoms with Gasteiger partial charge in [-0.1, -0.05) is 26.0 Å². The third kappa shape index (κ3) is 8.25. The molecule has 0 aliphatic rings. The van der Waals surface area contributed by atoms with Gasteiger partial charge in [-0.2, -0.15) is 0 Å². The van der Waals surface area contributed by atoms with E-state index in [1.54, 1.807) is 12.1 Å². The average molecular weight is 351 g/mol. The fourth-order valence-corrected chi connectivity index (χ4v) is 2.32. The predicted octanol–water partition coefficient (Wildman–Crippen LogP) is 2.08. The molecule has 1 atom stereocenters. The summed E-state index contributed by atoms with van der Waals surface area (Å²) in [5.74, 6) is -0.714. The van der Waals surface area contributed by atoms with Crippen LogP contribution in [0.25, 0.3) is 0 Å². The zero-order valence-corrected chi connectivity index (χ0v) is 14.5.